The Hall–Kier alpha value is -3.03. The lowest BCUT2D eigenvalue weighted by atomic mass is 9.80. The molecule has 5 nitrogen and oxygen atoms in total. The molecule has 0 bridgehead atoms. The second kappa shape index (κ2) is 4.73. The topological polar surface area (TPSA) is 59.9 Å². The predicted octanol–water partition coefficient (Wildman–Crippen LogP) is 3.09. The standard InChI is InChI=1S/C16H9F3N2O3/c17-16(18,19)24-12-7-3-6-11-13(12)15(14(22)20-8-21-15)9-4-1-2-5-10(9)23-11/h1-8H,(H,20,21,22). The van der Waals surface area contributed by atoms with Crippen LogP contribution in [-0.2, 0) is 10.3 Å². The maximum Gasteiger partial charge on any atom is 0.573 e. The number of ether oxygens (including phenoxy) is 2. The highest BCUT2D eigenvalue weighted by atomic mass is 19.4. The molecule has 0 aliphatic carbocycles. The van der Waals surface area contributed by atoms with E-state index in [2.05, 4.69) is 15.0 Å². The molecule has 2 aromatic rings. The lowest BCUT2D eigenvalue weighted by molar-refractivity contribution is -0.275. The molecular weight excluding hydrogens is 325 g/mol. The summed E-state index contributed by atoms with van der Waals surface area (Å²) < 4.78 is 48.1. The highest BCUT2D eigenvalue weighted by Crippen LogP contribution is 2.53. The third-order valence-corrected chi connectivity index (χ3v) is 3.85. The molecule has 0 radical (unpaired) electrons. The monoisotopic (exact) mass is 334 g/mol. The van der Waals surface area contributed by atoms with Crippen LogP contribution in [0.2, 0.25) is 0 Å². The number of carbonyl (C=O) groups is 1. The second-order valence-electron chi connectivity index (χ2n) is 5.22. The number of hydrogen-bond donors (Lipinski definition) is 1. The number of nitrogens with one attached hydrogen (secondary N) is 1. The molecule has 122 valence electrons. The van der Waals surface area contributed by atoms with Crippen molar-refractivity contribution in [1.29, 1.82) is 0 Å². The number of aliphatic imine (C=N–C) groups is 1. The van der Waals surface area contributed by atoms with Gasteiger partial charge in [-0.2, -0.15) is 0 Å². The summed E-state index contributed by atoms with van der Waals surface area (Å²) in [6, 6.07) is 10.5. The molecule has 1 N–H and O–H groups in total. The van der Waals surface area contributed by atoms with Crippen molar-refractivity contribution in [2.45, 2.75) is 11.9 Å². The van der Waals surface area contributed by atoms with Gasteiger partial charge in [-0.25, -0.2) is 4.99 Å². The lowest BCUT2D eigenvalue weighted by Gasteiger charge is -2.34. The summed E-state index contributed by atoms with van der Waals surface area (Å²) in [6.45, 7) is 0. The molecule has 0 saturated carbocycles. The van der Waals surface area contributed by atoms with E-state index in [4.69, 9.17) is 4.74 Å². The number of hydrogen-bond acceptors (Lipinski definition) is 4. The van der Waals surface area contributed by atoms with Gasteiger partial charge in [0.15, 0.2) is 0 Å². The Kier molecular flexibility index (Phi) is 2.87. The van der Waals surface area contributed by atoms with Crippen molar-refractivity contribution in [2.24, 2.45) is 4.99 Å². The van der Waals surface area contributed by atoms with Gasteiger partial charge in [-0.15, -0.1) is 13.2 Å². The Balaban J connectivity index is 2.02. The molecule has 1 atom stereocenters. The van der Waals surface area contributed by atoms with Gasteiger partial charge in [0.2, 0.25) is 5.54 Å². The van der Waals surface area contributed by atoms with Crippen LogP contribution in [0, 0.1) is 0 Å². The average Bonchev–Trinajstić information content (AvgIpc) is 2.88. The van der Waals surface area contributed by atoms with Gasteiger partial charge in [0, 0.05) is 5.56 Å². The second-order valence-corrected chi connectivity index (χ2v) is 5.22. The predicted molar refractivity (Wildman–Crippen MR) is 77.1 cm³/mol. The van der Waals surface area contributed by atoms with Gasteiger partial charge in [-0.05, 0) is 18.2 Å². The number of carbonyl (C=O) groups excluding carboxylic acids is 1. The zero-order valence-corrected chi connectivity index (χ0v) is 11.9. The Morgan fingerprint density at radius 2 is 1.83 bits per heavy atom. The van der Waals surface area contributed by atoms with Gasteiger partial charge in [-0.3, -0.25) is 4.79 Å². The van der Waals surface area contributed by atoms with Gasteiger partial charge in [0.1, 0.15) is 17.2 Å². The van der Waals surface area contributed by atoms with E-state index < -0.39 is 23.6 Å². The smallest absolute Gasteiger partial charge is 0.456 e. The van der Waals surface area contributed by atoms with E-state index in [0.717, 1.165) is 6.07 Å². The summed E-state index contributed by atoms with van der Waals surface area (Å²) in [5, 5.41) is 2.43. The van der Waals surface area contributed by atoms with E-state index in [9.17, 15) is 18.0 Å². The third-order valence-electron chi connectivity index (χ3n) is 3.85. The maximum absolute atomic E-state index is 12.8. The van der Waals surface area contributed by atoms with E-state index in [1.165, 1.54) is 18.5 Å². The van der Waals surface area contributed by atoms with Crippen LogP contribution in [0.4, 0.5) is 13.2 Å². The fourth-order valence-electron chi connectivity index (χ4n) is 2.99. The quantitative estimate of drug-likeness (QED) is 0.872. The molecule has 1 unspecified atom stereocenters. The van der Waals surface area contributed by atoms with E-state index in [-0.39, 0.29) is 11.3 Å². The Morgan fingerprint density at radius 3 is 2.54 bits per heavy atom. The fraction of sp³-hybridized carbons (Fsp3) is 0.125. The lowest BCUT2D eigenvalue weighted by Crippen LogP contribution is -2.40. The number of nitrogens with zero attached hydrogens (tertiary/aromatic N) is 1. The van der Waals surface area contributed by atoms with E-state index >= 15 is 0 Å². The molecule has 1 spiro atoms. The third kappa shape index (κ3) is 1.96. The minimum Gasteiger partial charge on any atom is -0.456 e. The zero-order valence-electron chi connectivity index (χ0n) is 11.9. The van der Waals surface area contributed by atoms with Crippen LogP contribution in [0.15, 0.2) is 47.5 Å². The molecule has 8 heteroatoms. The van der Waals surface area contributed by atoms with Crippen LogP contribution in [0.3, 0.4) is 0 Å². The first-order valence-electron chi connectivity index (χ1n) is 6.93. The van der Waals surface area contributed by atoms with Crippen molar-refractivity contribution in [3.63, 3.8) is 0 Å². The number of para-hydroxylation sites is 1. The number of rotatable bonds is 1. The number of benzene rings is 2. The van der Waals surface area contributed by atoms with Gasteiger partial charge in [0.05, 0.1) is 11.9 Å². The average molecular weight is 334 g/mol. The Labute approximate surface area is 133 Å². The van der Waals surface area contributed by atoms with Crippen LogP contribution in [-0.4, -0.2) is 18.6 Å². The SMILES string of the molecule is O=C1NC=NC12c1ccccc1Oc1cccc(OC(F)(F)F)c12. The first-order valence-corrected chi connectivity index (χ1v) is 6.93. The summed E-state index contributed by atoms with van der Waals surface area (Å²) in [7, 11) is 0. The number of halogens is 3. The maximum atomic E-state index is 12.8. The van der Waals surface area contributed by atoms with E-state index in [0.29, 0.717) is 11.3 Å². The fourth-order valence-corrected chi connectivity index (χ4v) is 2.99. The first-order chi connectivity index (χ1) is 11.4. The van der Waals surface area contributed by atoms with Crippen molar-refractivity contribution < 1.29 is 27.4 Å². The Morgan fingerprint density at radius 1 is 1.08 bits per heavy atom. The van der Waals surface area contributed by atoms with Crippen LogP contribution in [0.5, 0.6) is 17.2 Å². The summed E-state index contributed by atoms with van der Waals surface area (Å²) in [5.74, 6) is -0.658. The molecule has 2 aromatic carbocycles. The highest BCUT2D eigenvalue weighted by Gasteiger charge is 2.53. The molecule has 0 aromatic heterocycles. The van der Waals surface area contributed by atoms with Crippen molar-refractivity contribution in [3.8, 4) is 17.2 Å². The molecule has 4 rings (SSSR count). The largest absolute Gasteiger partial charge is 0.573 e. The molecule has 2 aliphatic heterocycles. The molecule has 24 heavy (non-hydrogen) atoms. The normalized spacial score (nSPS) is 21.0. The van der Waals surface area contributed by atoms with E-state index in [1.807, 2.05) is 0 Å². The van der Waals surface area contributed by atoms with Gasteiger partial charge < -0.3 is 14.8 Å². The minimum absolute atomic E-state index is 0.0766. The van der Waals surface area contributed by atoms with Gasteiger partial charge >= 0.3 is 6.36 Å². The van der Waals surface area contributed by atoms with Crippen LogP contribution in [0.25, 0.3) is 0 Å². The van der Waals surface area contributed by atoms with Crippen molar-refractivity contribution in [3.05, 3.63) is 53.6 Å². The Bertz CT molecular complexity index is 879. The summed E-state index contributed by atoms with van der Waals surface area (Å²) in [6.07, 6.45) is -3.75. The van der Waals surface area contributed by atoms with E-state index in [1.54, 1.807) is 24.3 Å². The summed E-state index contributed by atoms with van der Waals surface area (Å²) in [5.41, 5.74) is -1.40. The van der Waals surface area contributed by atoms with Crippen LogP contribution >= 0.6 is 0 Å². The molecule has 0 fully saturated rings. The van der Waals surface area contributed by atoms with Crippen LogP contribution in [0.1, 0.15) is 11.1 Å². The van der Waals surface area contributed by atoms with Crippen molar-refractivity contribution in [2.75, 3.05) is 0 Å². The minimum atomic E-state index is -4.91. The first kappa shape index (κ1) is 14.6. The number of alkyl halides is 3. The van der Waals surface area contributed by atoms with Crippen molar-refractivity contribution >= 4 is 12.2 Å². The zero-order chi connectivity index (χ0) is 16.9. The molecule has 0 saturated heterocycles. The molecule has 1 amide bonds. The number of amides is 1. The summed E-state index contributed by atoms with van der Waals surface area (Å²) >= 11 is 0. The van der Waals surface area contributed by atoms with Crippen molar-refractivity contribution in [1.82, 2.24) is 5.32 Å². The van der Waals surface area contributed by atoms with Gasteiger partial charge in [0.25, 0.3) is 5.91 Å². The highest BCUT2D eigenvalue weighted by molar-refractivity contribution is 6.05. The molecular formula is C16H9F3N2O3. The summed E-state index contributed by atoms with van der Waals surface area (Å²) in [4.78, 5) is 16.7. The number of fused-ring (bicyclic) bond motifs is 4. The molecule has 2 heterocycles. The van der Waals surface area contributed by atoms with Crippen LogP contribution < -0.4 is 14.8 Å². The molecule has 2 aliphatic rings. The van der Waals surface area contributed by atoms with Gasteiger partial charge in [-0.1, -0.05) is 24.3 Å².